The molecule has 2 aromatic carbocycles. The zero-order valence-corrected chi connectivity index (χ0v) is 14.1. The van der Waals surface area contributed by atoms with Crippen LogP contribution in [-0.4, -0.2) is 19.3 Å². The fourth-order valence-corrected chi connectivity index (χ4v) is 2.43. The van der Waals surface area contributed by atoms with Gasteiger partial charge in [0.2, 0.25) is 0 Å². The molecule has 1 unspecified atom stereocenters. The highest BCUT2D eigenvalue weighted by molar-refractivity contribution is 5.61. The zero-order chi connectivity index (χ0) is 18.2. The van der Waals surface area contributed by atoms with Gasteiger partial charge in [0, 0.05) is 12.0 Å². The molecule has 2 rings (SSSR count). The Bertz CT molecular complexity index is 843. The number of aromatic hydroxyl groups is 1. The fraction of sp³-hybridized carbons (Fsp3) is 0.200. The lowest BCUT2D eigenvalue weighted by atomic mass is 9.92. The van der Waals surface area contributed by atoms with Gasteiger partial charge >= 0.3 is 0 Å². The summed E-state index contributed by atoms with van der Waals surface area (Å²) in [6.07, 6.45) is 1.94. The van der Waals surface area contributed by atoms with Gasteiger partial charge in [0.1, 0.15) is 5.75 Å². The molecule has 0 aliphatic rings. The highest BCUT2D eigenvalue weighted by Crippen LogP contribution is 2.29. The summed E-state index contributed by atoms with van der Waals surface area (Å²) in [5.41, 5.74) is 1.94. The van der Waals surface area contributed by atoms with Crippen LogP contribution in [0.1, 0.15) is 23.5 Å². The first-order valence-electron chi connectivity index (χ1n) is 7.62. The summed E-state index contributed by atoms with van der Waals surface area (Å²) in [5, 5.41) is 28.7. The van der Waals surface area contributed by atoms with E-state index in [0.29, 0.717) is 22.6 Å². The van der Waals surface area contributed by atoms with Crippen LogP contribution in [0.5, 0.6) is 17.2 Å². The number of hydrogen-bond acceptors (Lipinski definition) is 5. The smallest absolute Gasteiger partial charge is 0.160 e. The average molecular weight is 334 g/mol. The number of benzene rings is 2. The van der Waals surface area contributed by atoms with Crippen molar-refractivity contribution in [3.05, 3.63) is 59.2 Å². The van der Waals surface area contributed by atoms with E-state index in [-0.39, 0.29) is 12.2 Å². The highest BCUT2D eigenvalue weighted by Gasteiger charge is 2.14. The van der Waals surface area contributed by atoms with Crippen molar-refractivity contribution in [3.63, 3.8) is 0 Å². The molecule has 2 aromatic rings. The normalized spacial score (nSPS) is 11.9. The Balaban J connectivity index is 2.23. The number of phenols is 1. The third-order valence-corrected chi connectivity index (χ3v) is 3.79. The Kier molecular flexibility index (Phi) is 6.03. The second-order valence-electron chi connectivity index (χ2n) is 5.37. The minimum absolute atomic E-state index is 0.000488. The largest absolute Gasteiger partial charge is 0.504 e. The van der Waals surface area contributed by atoms with E-state index >= 15 is 0 Å². The van der Waals surface area contributed by atoms with Crippen molar-refractivity contribution in [2.45, 2.75) is 12.3 Å². The molecule has 0 fully saturated rings. The van der Waals surface area contributed by atoms with E-state index < -0.39 is 5.92 Å². The Hall–Kier alpha value is -3.44. The maximum absolute atomic E-state index is 9.83. The van der Waals surface area contributed by atoms with Gasteiger partial charge in [-0.1, -0.05) is 18.2 Å². The number of rotatable bonds is 6. The van der Waals surface area contributed by atoms with Crippen molar-refractivity contribution in [2.24, 2.45) is 0 Å². The van der Waals surface area contributed by atoms with Crippen molar-refractivity contribution in [3.8, 4) is 29.4 Å². The van der Waals surface area contributed by atoms with Gasteiger partial charge in [-0.25, -0.2) is 0 Å². The van der Waals surface area contributed by atoms with Crippen LogP contribution >= 0.6 is 0 Å². The number of nitrogens with zero attached hydrogens (tertiary/aromatic N) is 2. The molecule has 1 N–H and O–H groups in total. The standard InChI is InChI=1S/C20H18N2O3/c1-24-18-6-4-16(5-7-18)17(13-22)10-15(12-21)9-14-3-8-20(25-2)19(23)11-14/h3-9,11,17,23H,10H2,1-2H3. The van der Waals surface area contributed by atoms with Crippen LogP contribution in [-0.2, 0) is 0 Å². The number of ether oxygens (including phenoxy) is 2. The molecule has 0 aliphatic heterocycles. The molecule has 0 radical (unpaired) electrons. The molecule has 0 spiro atoms. The molecular formula is C20H18N2O3. The van der Waals surface area contributed by atoms with Crippen LogP contribution in [0.25, 0.3) is 6.08 Å². The molecule has 5 nitrogen and oxygen atoms in total. The predicted octanol–water partition coefficient (Wildman–Crippen LogP) is 4.01. The number of allylic oxidation sites excluding steroid dienone is 1. The van der Waals surface area contributed by atoms with Crippen molar-refractivity contribution in [2.75, 3.05) is 14.2 Å². The summed E-state index contributed by atoms with van der Waals surface area (Å²) in [4.78, 5) is 0. The van der Waals surface area contributed by atoms with Crippen LogP contribution in [0, 0.1) is 22.7 Å². The highest BCUT2D eigenvalue weighted by atomic mass is 16.5. The van der Waals surface area contributed by atoms with E-state index in [1.807, 2.05) is 12.1 Å². The van der Waals surface area contributed by atoms with Crippen LogP contribution in [0.2, 0.25) is 0 Å². The first kappa shape index (κ1) is 17.9. The maximum Gasteiger partial charge on any atom is 0.160 e. The van der Waals surface area contributed by atoms with Crippen LogP contribution in [0.4, 0.5) is 0 Å². The van der Waals surface area contributed by atoms with Gasteiger partial charge in [0.05, 0.1) is 32.3 Å². The third kappa shape index (κ3) is 4.53. The van der Waals surface area contributed by atoms with Gasteiger partial charge in [0.25, 0.3) is 0 Å². The molecule has 0 aliphatic carbocycles. The molecule has 25 heavy (non-hydrogen) atoms. The SMILES string of the molecule is COc1ccc(C(C#N)CC(C#N)=Cc2ccc(OC)c(O)c2)cc1. The van der Waals surface area contributed by atoms with E-state index in [4.69, 9.17) is 9.47 Å². The summed E-state index contributed by atoms with van der Waals surface area (Å²) >= 11 is 0. The van der Waals surface area contributed by atoms with E-state index in [0.717, 1.165) is 5.56 Å². The Morgan fingerprint density at radius 1 is 1.12 bits per heavy atom. The Morgan fingerprint density at radius 3 is 2.36 bits per heavy atom. The topological polar surface area (TPSA) is 86.3 Å². The van der Waals surface area contributed by atoms with Gasteiger partial charge in [-0.15, -0.1) is 0 Å². The van der Waals surface area contributed by atoms with Crippen LogP contribution in [0.15, 0.2) is 48.0 Å². The Morgan fingerprint density at radius 2 is 1.84 bits per heavy atom. The minimum Gasteiger partial charge on any atom is -0.504 e. The first-order valence-corrected chi connectivity index (χ1v) is 7.62. The van der Waals surface area contributed by atoms with Crippen molar-refractivity contribution in [1.29, 1.82) is 10.5 Å². The van der Waals surface area contributed by atoms with Gasteiger partial charge in [-0.2, -0.15) is 10.5 Å². The number of nitriles is 2. The lowest BCUT2D eigenvalue weighted by Crippen LogP contribution is -1.98. The molecule has 0 amide bonds. The molecule has 5 heteroatoms. The molecule has 0 bridgehead atoms. The summed E-state index contributed by atoms with van der Waals surface area (Å²) in [6.45, 7) is 0. The quantitative estimate of drug-likeness (QED) is 0.807. The zero-order valence-electron chi connectivity index (χ0n) is 14.1. The lowest BCUT2D eigenvalue weighted by Gasteiger charge is -2.10. The van der Waals surface area contributed by atoms with Gasteiger partial charge < -0.3 is 14.6 Å². The van der Waals surface area contributed by atoms with Crippen molar-refractivity contribution >= 4 is 6.08 Å². The maximum atomic E-state index is 9.83. The molecule has 1 atom stereocenters. The number of hydrogen-bond donors (Lipinski definition) is 1. The van der Waals surface area contributed by atoms with Gasteiger partial charge in [-0.05, 0) is 41.5 Å². The fourth-order valence-electron chi connectivity index (χ4n) is 2.43. The monoisotopic (exact) mass is 334 g/mol. The van der Waals surface area contributed by atoms with Crippen LogP contribution in [0.3, 0.4) is 0 Å². The first-order chi connectivity index (χ1) is 12.1. The van der Waals surface area contributed by atoms with E-state index in [1.54, 1.807) is 37.5 Å². The summed E-state index contributed by atoms with van der Waals surface area (Å²) in [7, 11) is 3.05. The molecule has 0 aromatic heterocycles. The van der Waals surface area contributed by atoms with E-state index in [2.05, 4.69) is 12.1 Å². The average Bonchev–Trinajstić information content (AvgIpc) is 2.65. The summed E-state index contributed by atoms with van der Waals surface area (Å²) in [6, 6.07) is 16.5. The van der Waals surface area contributed by atoms with E-state index in [1.165, 1.54) is 13.2 Å². The third-order valence-electron chi connectivity index (χ3n) is 3.79. The summed E-state index contributed by atoms with van der Waals surface area (Å²) < 4.78 is 10.1. The number of methoxy groups -OCH3 is 2. The minimum atomic E-state index is -0.441. The molecular weight excluding hydrogens is 316 g/mol. The molecule has 0 saturated carbocycles. The van der Waals surface area contributed by atoms with Crippen LogP contribution < -0.4 is 9.47 Å². The summed E-state index contributed by atoms with van der Waals surface area (Å²) in [5.74, 6) is 0.637. The second-order valence-corrected chi connectivity index (χ2v) is 5.37. The van der Waals surface area contributed by atoms with Crippen molar-refractivity contribution in [1.82, 2.24) is 0 Å². The molecule has 0 heterocycles. The van der Waals surface area contributed by atoms with Crippen molar-refractivity contribution < 1.29 is 14.6 Å². The molecule has 126 valence electrons. The van der Waals surface area contributed by atoms with Gasteiger partial charge in [0.15, 0.2) is 11.5 Å². The molecule has 0 saturated heterocycles. The lowest BCUT2D eigenvalue weighted by molar-refractivity contribution is 0.373. The van der Waals surface area contributed by atoms with Gasteiger partial charge in [-0.3, -0.25) is 0 Å². The predicted molar refractivity (Wildman–Crippen MR) is 94.2 cm³/mol. The Labute approximate surface area is 147 Å². The number of phenolic OH excluding ortho intramolecular Hbond substituents is 1. The second kappa shape index (κ2) is 8.42. The van der Waals surface area contributed by atoms with E-state index in [9.17, 15) is 15.6 Å².